The molecule has 25 heavy (non-hydrogen) atoms. The van der Waals surface area contributed by atoms with Gasteiger partial charge in [-0.25, -0.2) is 0 Å². The van der Waals surface area contributed by atoms with Crippen molar-refractivity contribution < 1.29 is 14.1 Å². The number of nitrogens with zero attached hydrogens (tertiary/aromatic N) is 4. The van der Waals surface area contributed by atoms with Gasteiger partial charge in [0.15, 0.2) is 5.82 Å². The molecule has 1 saturated heterocycles. The molecule has 1 aromatic heterocycles. The summed E-state index contributed by atoms with van der Waals surface area (Å²) in [6, 6.07) is 7.53. The lowest BCUT2D eigenvalue weighted by atomic mass is 10.2. The highest BCUT2D eigenvalue weighted by Crippen LogP contribution is 2.27. The average molecular weight is 360 g/mol. The Balaban J connectivity index is 1.67. The third kappa shape index (κ3) is 4.19. The molecule has 0 spiro atoms. The zero-order chi connectivity index (χ0) is 17.8. The number of aromatic nitrogens is 2. The molecule has 0 saturated carbocycles. The predicted molar refractivity (Wildman–Crippen MR) is 93.2 cm³/mol. The number of aryl methyl sites for hydroxylation is 1. The summed E-state index contributed by atoms with van der Waals surface area (Å²) in [5.41, 5.74) is 0.667. The van der Waals surface area contributed by atoms with Crippen LogP contribution in [0.5, 0.6) is 0 Å². The van der Waals surface area contributed by atoms with Crippen molar-refractivity contribution in [3.8, 4) is 0 Å². The zero-order valence-corrected chi connectivity index (χ0v) is 15.1. The van der Waals surface area contributed by atoms with E-state index < -0.39 is 0 Å². The summed E-state index contributed by atoms with van der Waals surface area (Å²) in [4.78, 5) is 32.9. The smallest absolute Gasteiger partial charge is 0.255 e. The second kappa shape index (κ2) is 7.69. The van der Waals surface area contributed by atoms with E-state index in [1.807, 2.05) is 24.3 Å². The van der Waals surface area contributed by atoms with Crippen molar-refractivity contribution in [3.63, 3.8) is 0 Å². The molecule has 3 rings (SSSR count). The quantitative estimate of drug-likeness (QED) is 0.776. The van der Waals surface area contributed by atoms with Crippen molar-refractivity contribution in [1.82, 2.24) is 19.9 Å². The summed E-state index contributed by atoms with van der Waals surface area (Å²) in [6.07, 6.45) is 0. The number of rotatable bonds is 4. The van der Waals surface area contributed by atoms with E-state index in [1.165, 1.54) is 11.8 Å². The van der Waals surface area contributed by atoms with Crippen molar-refractivity contribution >= 4 is 23.6 Å². The van der Waals surface area contributed by atoms with Crippen LogP contribution in [-0.4, -0.2) is 57.9 Å². The molecule has 0 N–H and O–H groups in total. The molecular formula is C17H20N4O3S. The molecule has 132 valence electrons. The Morgan fingerprint density at radius 3 is 2.48 bits per heavy atom. The van der Waals surface area contributed by atoms with Gasteiger partial charge in [-0.2, -0.15) is 4.98 Å². The van der Waals surface area contributed by atoms with E-state index in [-0.39, 0.29) is 11.8 Å². The number of thioether (sulfide) groups is 1. The maximum absolute atomic E-state index is 12.9. The molecule has 0 aliphatic carbocycles. The second-order valence-corrected chi connectivity index (χ2v) is 6.84. The predicted octanol–water partition coefficient (Wildman–Crippen LogP) is 1.97. The summed E-state index contributed by atoms with van der Waals surface area (Å²) >= 11 is 1.50. The molecule has 2 aromatic rings. The van der Waals surface area contributed by atoms with Gasteiger partial charge in [-0.15, -0.1) is 11.8 Å². The highest BCUT2D eigenvalue weighted by atomic mass is 32.2. The first-order chi connectivity index (χ1) is 12.0. The van der Waals surface area contributed by atoms with Gasteiger partial charge in [0.05, 0.1) is 11.3 Å². The molecule has 2 amide bonds. The Morgan fingerprint density at radius 2 is 1.84 bits per heavy atom. The van der Waals surface area contributed by atoms with Crippen LogP contribution in [0, 0.1) is 6.92 Å². The van der Waals surface area contributed by atoms with Crippen LogP contribution in [0.15, 0.2) is 33.7 Å². The molecule has 0 unspecified atom stereocenters. The monoisotopic (exact) mass is 360 g/mol. The molecule has 1 aromatic carbocycles. The minimum Gasteiger partial charge on any atom is -0.339 e. The van der Waals surface area contributed by atoms with E-state index in [0.717, 1.165) is 4.90 Å². The molecule has 0 atom stereocenters. The van der Waals surface area contributed by atoms with Crippen LogP contribution >= 0.6 is 11.8 Å². The molecule has 2 heterocycles. The number of benzene rings is 1. The molecule has 0 radical (unpaired) electrons. The number of amides is 2. The van der Waals surface area contributed by atoms with Gasteiger partial charge in [-0.3, -0.25) is 9.59 Å². The zero-order valence-electron chi connectivity index (χ0n) is 14.3. The fourth-order valence-electron chi connectivity index (χ4n) is 2.70. The van der Waals surface area contributed by atoms with E-state index in [9.17, 15) is 9.59 Å². The first-order valence-corrected chi connectivity index (χ1v) is 9.09. The van der Waals surface area contributed by atoms with E-state index in [4.69, 9.17) is 4.52 Å². The highest BCUT2D eigenvalue weighted by molar-refractivity contribution is 7.98. The van der Waals surface area contributed by atoms with Gasteiger partial charge >= 0.3 is 0 Å². The standard InChI is InChI=1S/C17H20N4O3S/c1-12-18-16(24-19-12)11-25-15-6-4-3-5-14(15)17(23)21-9-7-20(8-10-21)13(2)22/h3-6H,7-11H2,1-2H3. The number of carbonyl (C=O) groups is 2. The van der Waals surface area contributed by atoms with Crippen LogP contribution < -0.4 is 0 Å². The first kappa shape index (κ1) is 17.5. The summed E-state index contributed by atoms with van der Waals surface area (Å²) in [5.74, 6) is 1.71. The van der Waals surface area contributed by atoms with E-state index >= 15 is 0 Å². The van der Waals surface area contributed by atoms with Gasteiger partial charge in [-0.1, -0.05) is 17.3 Å². The van der Waals surface area contributed by atoms with Gasteiger partial charge in [-0.05, 0) is 19.1 Å². The van der Waals surface area contributed by atoms with Crippen molar-refractivity contribution in [3.05, 3.63) is 41.5 Å². The van der Waals surface area contributed by atoms with Crippen molar-refractivity contribution in [2.75, 3.05) is 26.2 Å². The molecule has 0 bridgehead atoms. The number of carbonyl (C=O) groups excluding carboxylic acids is 2. The summed E-state index contributed by atoms with van der Waals surface area (Å²) in [5, 5.41) is 3.77. The van der Waals surface area contributed by atoms with E-state index in [2.05, 4.69) is 10.1 Å². The van der Waals surface area contributed by atoms with Crippen LogP contribution in [-0.2, 0) is 10.5 Å². The lowest BCUT2D eigenvalue weighted by Gasteiger charge is -2.34. The topological polar surface area (TPSA) is 79.5 Å². The van der Waals surface area contributed by atoms with Crippen LogP contribution in [0.2, 0.25) is 0 Å². The summed E-state index contributed by atoms with van der Waals surface area (Å²) in [7, 11) is 0. The fraction of sp³-hybridized carbons (Fsp3) is 0.412. The number of hydrogen-bond acceptors (Lipinski definition) is 6. The second-order valence-electron chi connectivity index (χ2n) is 5.82. The molecular weight excluding hydrogens is 340 g/mol. The third-order valence-electron chi connectivity index (χ3n) is 4.05. The van der Waals surface area contributed by atoms with Gasteiger partial charge in [0.2, 0.25) is 11.8 Å². The van der Waals surface area contributed by atoms with Gasteiger partial charge in [0, 0.05) is 38.0 Å². The lowest BCUT2D eigenvalue weighted by molar-refractivity contribution is -0.130. The molecule has 1 aliphatic rings. The minimum absolute atomic E-state index is 0.00647. The van der Waals surface area contributed by atoms with Gasteiger partial charge < -0.3 is 14.3 Å². The van der Waals surface area contributed by atoms with Gasteiger partial charge in [0.1, 0.15) is 0 Å². The molecule has 1 aliphatic heterocycles. The van der Waals surface area contributed by atoms with Crippen LogP contribution in [0.25, 0.3) is 0 Å². The van der Waals surface area contributed by atoms with Crippen molar-refractivity contribution in [2.24, 2.45) is 0 Å². The normalized spacial score (nSPS) is 14.6. The SMILES string of the molecule is CC(=O)N1CCN(C(=O)c2ccccc2SCc2nc(C)no2)CC1. The third-order valence-corrected chi connectivity index (χ3v) is 5.11. The van der Waals surface area contributed by atoms with Crippen LogP contribution in [0.1, 0.15) is 29.0 Å². The Kier molecular flexibility index (Phi) is 5.37. The van der Waals surface area contributed by atoms with Crippen molar-refractivity contribution in [2.45, 2.75) is 24.5 Å². The Bertz CT molecular complexity index is 769. The van der Waals surface area contributed by atoms with Crippen molar-refractivity contribution in [1.29, 1.82) is 0 Å². The van der Waals surface area contributed by atoms with Crippen LogP contribution in [0.4, 0.5) is 0 Å². The maximum atomic E-state index is 12.9. The molecule has 1 fully saturated rings. The summed E-state index contributed by atoms with van der Waals surface area (Å²) < 4.78 is 5.12. The average Bonchev–Trinajstić information content (AvgIpc) is 3.05. The Labute approximate surface area is 150 Å². The first-order valence-electron chi connectivity index (χ1n) is 8.10. The summed E-state index contributed by atoms with van der Waals surface area (Å²) in [6.45, 7) is 5.61. The van der Waals surface area contributed by atoms with E-state index in [1.54, 1.807) is 23.6 Å². The lowest BCUT2D eigenvalue weighted by Crippen LogP contribution is -2.50. The number of piperazine rings is 1. The van der Waals surface area contributed by atoms with E-state index in [0.29, 0.717) is 49.2 Å². The Hall–Kier alpha value is -2.35. The minimum atomic E-state index is -0.00647. The molecule has 7 nitrogen and oxygen atoms in total. The van der Waals surface area contributed by atoms with Crippen LogP contribution in [0.3, 0.4) is 0 Å². The number of hydrogen-bond donors (Lipinski definition) is 0. The molecule has 8 heteroatoms. The maximum Gasteiger partial charge on any atom is 0.255 e. The largest absolute Gasteiger partial charge is 0.339 e. The highest BCUT2D eigenvalue weighted by Gasteiger charge is 2.24. The Morgan fingerprint density at radius 1 is 1.16 bits per heavy atom. The fourth-order valence-corrected chi connectivity index (χ4v) is 3.58. The van der Waals surface area contributed by atoms with Gasteiger partial charge in [0.25, 0.3) is 5.91 Å².